The van der Waals surface area contributed by atoms with E-state index in [0.29, 0.717) is 25.1 Å². The van der Waals surface area contributed by atoms with Gasteiger partial charge in [-0.1, -0.05) is 23.7 Å². The number of halogens is 1. The number of rotatable bonds is 2. The Morgan fingerprint density at radius 2 is 2.11 bits per heavy atom. The number of carboxylic acid groups (broad SMARTS) is 1. The lowest BCUT2D eigenvalue weighted by atomic mass is 10.0. The molecule has 0 atom stereocenters. The predicted molar refractivity (Wildman–Crippen MR) is 73.5 cm³/mol. The van der Waals surface area contributed by atoms with Crippen molar-refractivity contribution < 1.29 is 9.90 Å². The Morgan fingerprint density at radius 3 is 2.61 bits per heavy atom. The zero-order valence-corrected chi connectivity index (χ0v) is 11.3. The van der Waals surface area contributed by atoms with Crippen LogP contribution < -0.4 is 4.90 Å². The van der Waals surface area contributed by atoms with Gasteiger partial charge in [-0.3, -0.25) is 0 Å². The average molecular weight is 266 g/mol. The summed E-state index contributed by atoms with van der Waals surface area (Å²) in [5.41, 5.74) is 3.78. The molecule has 1 aromatic rings. The lowest BCUT2D eigenvalue weighted by Crippen LogP contribution is -2.30. The average Bonchev–Trinajstić information content (AvgIpc) is 2.28. The van der Waals surface area contributed by atoms with Crippen LogP contribution in [0.15, 0.2) is 23.8 Å². The van der Waals surface area contributed by atoms with Crippen LogP contribution in [-0.2, 0) is 4.79 Å². The standard InChI is InChI=1S/C14H16ClNO2/c1-9-7-10(2)13(12(15)8-9)16-5-3-11(4-6-16)14(17)18/h3,7-8H,4-6H2,1-2H3,(H,17,18). The quantitative estimate of drug-likeness (QED) is 0.893. The number of hydrogen-bond acceptors (Lipinski definition) is 2. The lowest BCUT2D eigenvalue weighted by Gasteiger charge is -2.29. The zero-order chi connectivity index (χ0) is 13.3. The molecule has 1 N–H and O–H groups in total. The molecular formula is C14H16ClNO2. The topological polar surface area (TPSA) is 40.5 Å². The zero-order valence-electron chi connectivity index (χ0n) is 10.5. The Bertz CT molecular complexity index is 500. The number of carboxylic acids is 1. The first kappa shape index (κ1) is 13.0. The van der Waals surface area contributed by atoms with Crippen molar-refractivity contribution in [2.24, 2.45) is 0 Å². The lowest BCUT2D eigenvalue weighted by molar-refractivity contribution is -0.132. The van der Waals surface area contributed by atoms with Gasteiger partial charge in [-0.2, -0.15) is 0 Å². The second-order valence-corrected chi connectivity index (χ2v) is 5.05. The van der Waals surface area contributed by atoms with E-state index in [4.69, 9.17) is 16.7 Å². The third kappa shape index (κ3) is 2.51. The second-order valence-electron chi connectivity index (χ2n) is 4.64. The van der Waals surface area contributed by atoms with Crippen LogP contribution in [-0.4, -0.2) is 24.2 Å². The molecule has 0 saturated heterocycles. The van der Waals surface area contributed by atoms with Crippen LogP contribution in [0.2, 0.25) is 5.02 Å². The van der Waals surface area contributed by atoms with Crippen molar-refractivity contribution in [1.29, 1.82) is 0 Å². The van der Waals surface area contributed by atoms with Crippen LogP contribution in [0.3, 0.4) is 0 Å². The second kappa shape index (κ2) is 5.02. The van der Waals surface area contributed by atoms with Crippen molar-refractivity contribution in [3.8, 4) is 0 Å². The van der Waals surface area contributed by atoms with Gasteiger partial charge in [0.2, 0.25) is 0 Å². The number of aliphatic carboxylic acids is 1. The van der Waals surface area contributed by atoms with Gasteiger partial charge in [0.05, 0.1) is 10.7 Å². The van der Waals surface area contributed by atoms with Crippen LogP contribution in [0, 0.1) is 13.8 Å². The van der Waals surface area contributed by atoms with Crippen molar-refractivity contribution in [1.82, 2.24) is 0 Å². The first-order valence-corrected chi connectivity index (χ1v) is 6.31. The van der Waals surface area contributed by atoms with Gasteiger partial charge in [0.1, 0.15) is 0 Å². The fourth-order valence-corrected chi connectivity index (χ4v) is 2.82. The molecule has 1 aliphatic heterocycles. The van der Waals surface area contributed by atoms with Crippen molar-refractivity contribution >= 4 is 23.3 Å². The maximum atomic E-state index is 10.9. The van der Waals surface area contributed by atoms with Crippen LogP contribution in [0.4, 0.5) is 5.69 Å². The Balaban J connectivity index is 2.28. The first-order valence-electron chi connectivity index (χ1n) is 5.93. The molecule has 3 nitrogen and oxygen atoms in total. The molecule has 0 amide bonds. The highest BCUT2D eigenvalue weighted by molar-refractivity contribution is 6.33. The van der Waals surface area contributed by atoms with Crippen LogP contribution >= 0.6 is 11.6 Å². The molecule has 96 valence electrons. The summed E-state index contributed by atoms with van der Waals surface area (Å²) in [4.78, 5) is 13.0. The Kier molecular flexibility index (Phi) is 3.62. The Hall–Kier alpha value is -1.48. The molecule has 0 unspecified atom stereocenters. The van der Waals surface area contributed by atoms with Crippen molar-refractivity contribution in [2.45, 2.75) is 20.3 Å². The minimum atomic E-state index is -0.818. The largest absolute Gasteiger partial charge is 0.478 e. The molecule has 0 fully saturated rings. The molecular weight excluding hydrogens is 250 g/mol. The number of hydrogen-bond donors (Lipinski definition) is 1. The summed E-state index contributed by atoms with van der Waals surface area (Å²) >= 11 is 6.29. The van der Waals surface area contributed by atoms with Crippen LogP contribution in [0.25, 0.3) is 0 Å². The fourth-order valence-electron chi connectivity index (χ4n) is 2.38. The van der Waals surface area contributed by atoms with Gasteiger partial charge < -0.3 is 10.0 Å². The van der Waals surface area contributed by atoms with E-state index in [1.807, 2.05) is 19.9 Å². The molecule has 0 bridgehead atoms. The van der Waals surface area contributed by atoms with E-state index >= 15 is 0 Å². The predicted octanol–water partition coefficient (Wildman–Crippen LogP) is 3.18. The molecule has 0 aliphatic carbocycles. The summed E-state index contributed by atoms with van der Waals surface area (Å²) < 4.78 is 0. The maximum Gasteiger partial charge on any atom is 0.331 e. The third-order valence-electron chi connectivity index (χ3n) is 3.20. The van der Waals surface area contributed by atoms with Crippen molar-refractivity contribution in [3.05, 3.63) is 39.9 Å². The Morgan fingerprint density at radius 1 is 1.39 bits per heavy atom. The molecule has 1 aliphatic rings. The van der Waals surface area contributed by atoms with E-state index in [1.54, 1.807) is 6.08 Å². The molecule has 1 heterocycles. The molecule has 2 rings (SSSR count). The molecule has 4 heteroatoms. The van der Waals surface area contributed by atoms with Gasteiger partial charge in [0.15, 0.2) is 0 Å². The Labute approximate surface area is 112 Å². The van der Waals surface area contributed by atoms with Crippen LogP contribution in [0.5, 0.6) is 0 Å². The summed E-state index contributed by atoms with van der Waals surface area (Å²) in [6.45, 7) is 5.35. The summed E-state index contributed by atoms with van der Waals surface area (Å²) in [5.74, 6) is -0.818. The normalized spacial score (nSPS) is 15.5. The van der Waals surface area contributed by atoms with E-state index < -0.39 is 5.97 Å². The molecule has 0 aromatic heterocycles. The number of anilines is 1. The van der Waals surface area contributed by atoms with Crippen molar-refractivity contribution in [3.63, 3.8) is 0 Å². The molecule has 0 spiro atoms. The third-order valence-corrected chi connectivity index (χ3v) is 3.49. The maximum absolute atomic E-state index is 10.9. The first-order chi connectivity index (χ1) is 8.49. The minimum Gasteiger partial charge on any atom is -0.478 e. The van der Waals surface area contributed by atoms with Gasteiger partial charge in [-0.15, -0.1) is 0 Å². The number of carbonyl (C=O) groups is 1. The summed E-state index contributed by atoms with van der Waals surface area (Å²) in [7, 11) is 0. The van der Waals surface area contributed by atoms with Crippen molar-refractivity contribution in [2.75, 3.05) is 18.0 Å². The van der Waals surface area contributed by atoms with E-state index in [9.17, 15) is 4.79 Å². The highest BCUT2D eigenvalue weighted by Gasteiger charge is 2.19. The number of benzene rings is 1. The van der Waals surface area contributed by atoms with Gasteiger partial charge in [-0.25, -0.2) is 4.79 Å². The molecule has 1 aromatic carbocycles. The molecule has 18 heavy (non-hydrogen) atoms. The SMILES string of the molecule is Cc1cc(C)c(N2CC=C(C(=O)O)CC2)c(Cl)c1. The molecule has 0 radical (unpaired) electrons. The van der Waals surface area contributed by atoms with E-state index in [2.05, 4.69) is 11.0 Å². The van der Waals surface area contributed by atoms with Crippen LogP contribution in [0.1, 0.15) is 17.5 Å². The van der Waals surface area contributed by atoms with E-state index in [1.165, 1.54) is 0 Å². The van der Waals surface area contributed by atoms with E-state index in [0.717, 1.165) is 21.8 Å². The van der Waals surface area contributed by atoms with Gasteiger partial charge in [0, 0.05) is 18.7 Å². The highest BCUT2D eigenvalue weighted by atomic mass is 35.5. The fraction of sp³-hybridized carbons (Fsp3) is 0.357. The number of nitrogens with zero attached hydrogens (tertiary/aromatic N) is 1. The summed E-state index contributed by atoms with van der Waals surface area (Å²) in [6, 6.07) is 4.04. The summed E-state index contributed by atoms with van der Waals surface area (Å²) in [5, 5.41) is 9.66. The van der Waals surface area contributed by atoms with Gasteiger partial charge in [-0.05, 0) is 37.5 Å². The van der Waals surface area contributed by atoms with Gasteiger partial charge in [0.25, 0.3) is 0 Å². The van der Waals surface area contributed by atoms with Gasteiger partial charge >= 0.3 is 5.97 Å². The molecule has 0 saturated carbocycles. The summed E-state index contributed by atoms with van der Waals surface area (Å²) in [6.07, 6.45) is 2.32. The monoisotopic (exact) mass is 265 g/mol. The number of aryl methyl sites for hydroxylation is 2. The van der Waals surface area contributed by atoms with E-state index in [-0.39, 0.29) is 0 Å². The smallest absolute Gasteiger partial charge is 0.331 e. The highest BCUT2D eigenvalue weighted by Crippen LogP contribution is 2.32. The minimum absolute atomic E-state index is 0.493.